The molecule has 1 aromatic rings. The van der Waals surface area contributed by atoms with Crippen molar-refractivity contribution in [2.75, 3.05) is 0 Å². The number of sulfonamides is 1. The maximum absolute atomic E-state index is 12.3. The Labute approximate surface area is 112 Å². The third-order valence-corrected chi connectivity index (χ3v) is 5.18. The second kappa shape index (κ2) is 4.94. The van der Waals surface area contributed by atoms with E-state index in [4.69, 9.17) is 5.11 Å². The molecular formula is C13H17NO4S. The van der Waals surface area contributed by atoms with E-state index >= 15 is 0 Å². The van der Waals surface area contributed by atoms with Gasteiger partial charge in [-0.3, -0.25) is 0 Å². The number of aromatic carboxylic acids is 1. The molecule has 1 saturated carbocycles. The largest absolute Gasteiger partial charge is 0.478 e. The summed E-state index contributed by atoms with van der Waals surface area (Å²) in [7, 11) is -3.66. The smallest absolute Gasteiger partial charge is 0.335 e. The van der Waals surface area contributed by atoms with E-state index in [0.717, 1.165) is 12.8 Å². The predicted molar refractivity (Wildman–Crippen MR) is 70.6 cm³/mol. The van der Waals surface area contributed by atoms with Crippen LogP contribution in [0.2, 0.25) is 0 Å². The maximum atomic E-state index is 12.3. The lowest BCUT2D eigenvalue weighted by atomic mass is 10.1. The third-order valence-electron chi connectivity index (χ3n) is 3.47. The lowest BCUT2D eigenvalue weighted by molar-refractivity contribution is 0.0696. The summed E-state index contributed by atoms with van der Waals surface area (Å²) in [5, 5.41) is 9.02. The summed E-state index contributed by atoms with van der Waals surface area (Å²) in [6, 6.07) is 4.18. The molecule has 0 spiro atoms. The first-order valence-corrected chi connectivity index (χ1v) is 7.66. The van der Waals surface area contributed by atoms with E-state index in [9.17, 15) is 13.2 Å². The van der Waals surface area contributed by atoms with Crippen molar-refractivity contribution in [3.63, 3.8) is 0 Å². The molecule has 1 fully saturated rings. The van der Waals surface area contributed by atoms with Crippen molar-refractivity contribution in [2.45, 2.75) is 37.6 Å². The molecule has 0 heterocycles. The summed E-state index contributed by atoms with van der Waals surface area (Å²) in [6.07, 6.45) is 2.08. The number of carboxylic acids is 1. The Kier molecular flexibility index (Phi) is 3.64. The Morgan fingerprint density at radius 3 is 2.58 bits per heavy atom. The van der Waals surface area contributed by atoms with Gasteiger partial charge < -0.3 is 5.11 Å². The number of hydrogen-bond donors (Lipinski definition) is 2. The molecular weight excluding hydrogens is 266 g/mol. The van der Waals surface area contributed by atoms with Gasteiger partial charge in [-0.05, 0) is 50.3 Å². The van der Waals surface area contributed by atoms with Crippen LogP contribution < -0.4 is 4.72 Å². The van der Waals surface area contributed by atoms with Crippen LogP contribution in [0.4, 0.5) is 0 Å². The van der Waals surface area contributed by atoms with E-state index in [-0.39, 0.29) is 22.1 Å². The molecule has 1 unspecified atom stereocenters. The first-order chi connectivity index (χ1) is 8.83. The summed E-state index contributed by atoms with van der Waals surface area (Å²) in [5.74, 6) is -0.720. The van der Waals surface area contributed by atoms with Crippen molar-refractivity contribution in [1.82, 2.24) is 4.72 Å². The van der Waals surface area contributed by atoms with Crippen LogP contribution >= 0.6 is 0 Å². The average molecular weight is 283 g/mol. The Morgan fingerprint density at radius 2 is 2.05 bits per heavy atom. The minimum Gasteiger partial charge on any atom is -0.478 e. The molecule has 0 aliphatic heterocycles. The zero-order valence-corrected chi connectivity index (χ0v) is 11.7. The van der Waals surface area contributed by atoms with Crippen molar-refractivity contribution in [1.29, 1.82) is 0 Å². The molecule has 1 aromatic carbocycles. The molecule has 0 bridgehead atoms. The van der Waals surface area contributed by atoms with E-state index < -0.39 is 16.0 Å². The van der Waals surface area contributed by atoms with Crippen molar-refractivity contribution < 1.29 is 18.3 Å². The molecule has 19 heavy (non-hydrogen) atoms. The fraction of sp³-hybridized carbons (Fsp3) is 0.462. The minimum absolute atomic E-state index is 0.0157. The van der Waals surface area contributed by atoms with E-state index in [1.54, 1.807) is 0 Å². The first-order valence-electron chi connectivity index (χ1n) is 6.18. The standard InChI is InChI=1S/C13H17NO4S/c1-8-11(13(15)16)4-3-5-12(8)19(17,18)14-9(2)10-6-7-10/h3-5,9-10,14H,6-7H2,1-2H3,(H,15,16). The van der Waals surface area contributed by atoms with Crippen molar-refractivity contribution >= 4 is 16.0 Å². The Balaban J connectivity index is 2.34. The normalized spacial score (nSPS) is 17.2. The van der Waals surface area contributed by atoms with Crippen LogP contribution in [-0.4, -0.2) is 25.5 Å². The monoisotopic (exact) mass is 283 g/mol. The minimum atomic E-state index is -3.66. The predicted octanol–water partition coefficient (Wildman–Crippen LogP) is 1.77. The maximum Gasteiger partial charge on any atom is 0.335 e. The molecule has 1 aliphatic rings. The molecule has 104 valence electrons. The van der Waals surface area contributed by atoms with Gasteiger partial charge >= 0.3 is 5.97 Å². The Bertz CT molecular complexity index is 605. The van der Waals surface area contributed by atoms with Gasteiger partial charge in [0.2, 0.25) is 10.0 Å². The number of nitrogens with one attached hydrogen (secondary N) is 1. The SMILES string of the molecule is Cc1c(C(=O)O)cccc1S(=O)(=O)NC(C)C1CC1. The van der Waals surface area contributed by atoms with Crippen LogP contribution in [0.1, 0.15) is 35.7 Å². The molecule has 0 aromatic heterocycles. The first kappa shape index (κ1) is 14.0. The van der Waals surface area contributed by atoms with Gasteiger partial charge in [-0.15, -0.1) is 0 Å². The van der Waals surface area contributed by atoms with Gasteiger partial charge in [0.05, 0.1) is 10.5 Å². The highest BCUT2D eigenvalue weighted by atomic mass is 32.2. The topological polar surface area (TPSA) is 83.5 Å². The van der Waals surface area contributed by atoms with Crippen LogP contribution in [0, 0.1) is 12.8 Å². The van der Waals surface area contributed by atoms with Crippen LogP contribution in [0.25, 0.3) is 0 Å². The fourth-order valence-electron chi connectivity index (χ4n) is 2.14. The highest BCUT2D eigenvalue weighted by molar-refractivity contribution is 7.89. The Hall–Kier alpha value is -1.40. The van der Waals surface area contributed by atoms with Crippen LogP contribution in [0.5, 0.6) is 0 Å². The molecule has 2 N–H and O–H groups in total. The summed E-state index contributed by atoms with van der Waals surface area (Å²) in [6.45, 7) is 3.35. The van der Waals surface area contributed by atoms with Crippen LogP contribution in [0.3, 0.4) is 0 Å². The van der Waals surface area contributed by atoms with Crippen molar-refractivity contribution in [3.05, 3.63) is 29.3 Å². The molecule has 2 rings (SSSR count). The number of carboxylic acid groups (broad SMARTS) is 1. The quantitative estimate of drug-likeness (QED) is 0.862. The van der Waals surface area contributed by atoms with Gasteiger partial charge in [-0.1, -0.05) is 6.07 Å². The van der Waals surface area contributed by atoms with E-state index in [2.05, 4.69) is 4.72 Å². The van der Waals surface area contributed by atoms with Crippen LogP contribution in [-0.2, 0) is 10.0 Å². The highest BCUT2D eigenvalue weighted by Crippen LogP contribution is 2.33. The summed E-state index contributed by atoms with van der Waals surface area (Å²) >= 11 is 0. The number of hydrogen-bond acceptors (Lipinski definition) is 3. The van der Waals surface area contributed by atoms with Crippen molar-refractivity contribution in [2.24, 2.45) is 5.92 Å². The van der Waals surface area contributed by atoms with E-state index in [1.807, 2.05) is 6.92 Å². The third kappa shape index (κ3) is 2.96. The Morgan fingerprint density at radius 1 is 1.42 bits per heavy atom. The summed E-state index contributed by atoms with van der Waals surface area (Å²) in [5.41, 5.74) is 0.285. The number of rotatable bonds is 5. The van der Waals surface area contributed by atoms with Gasteiger partial charge in [0.15, 0.2) is 0 Å². The summed E-state index contributed by atoms with van der Waals surface area (Å²) in [4.78, 5) is 11.1. The van der Waals surface area contributed by atoms with Crippen molar-refractivity contribution in [3.8, 4) is 0 Å². The second-order valence-corrected chi connectivity index (χ2v) is 6.66. The van der Waals surface area contributed by atoms with E-state index in [0.29, 0.717) is 5.92 Å². The lowest BCUT2D eigenvalue weighted by Gasteiger charge is -2.15. The molecule has 0 saturated heterocycles. The van der Waals surface area contributed by atoms with Gasteiger partial charge in [-0.25, -0.2) is 17.9 Å². The van der Waals surface area contributed by atoms with Gasteiger partial charge in [0.25, 0.3) is 0 Å². The molecule has 0 amide bonds. The zero-order valence-electron chi connectivity index (χ0n) is 10.9. The van der Waals surface area contributed by atoms with Gasteiger partial charge in [-0.2, -0.15) is 0 Å². The highest BCUT2D eigenvalue weighted by Gasteiger charge is 2.32. The molecule has 5 nitrogen and oxygen atoms in total. The summed E-state index contributed by atoms with van der Waals surface area (Å²) < 4.78 is 27.2. The average Bonchev–Trinajstić information content (AvgIpc) is 3.11. The molecule has 0 radical (unpaired) electrons. The van der Waals surface area contributed by atoms with Crippen LogP contribution in [0.15, 0.2) is 23.1 Å². The van der Waals surface area contributed by atoms with Gasteiger partial charge in [0.1, 0.15) is 0 Å². The second-order valence-electron chi connectivity index (χ2n) is 4.98. The fourth-order valence-corrected chi connectivity index (χ4v) is 3.72. The number of carbonyl (C=O) groups is 1. The lowest BCUT2D eigenvalue weighted by Crippen LogP contribution is -2.34. The van der Waals surface area contributed by atoms with Gasteiger partial charge in [0, 0.05) is 6.04 Å². The number of benzene rings is 1. The molecule has 6 heteroatoms. The van der Waals surface area contributed by atoms with E-state index in [1.165, 1.54) is 25.1 Å². The molecule has 1 aliphatic carbocycles. The molecule has 1 atom stereocenters. The zero-order chi connectivity index (χ0) is 14.2.